The molecule has 0 aliphatic carbocycles. The summed E-state index contributed by atoms with van der Waals surface area (Å²) in [7, 11) is 0. The number of nitrogens with zero attached hydrogens (tertiary/aromatic N) is 4. The van der Waals surface area contributed by atoms with Crippen molar-refractivity contribution in [1.29, 1.82) is 0 Å². The lowest BCUT2D eigenvalue weighted by atomic mass is 10.2. The largest absolute Gasteiger partial charge is 0.484 e. The van der Waals surface area contributed by atoms with Crippen LogP contribution in [-0.4, -0.2) is 25.6 Å². The third-order valence-electron chi connectivity index (χ3n) is 4.53. The molecule has 1 amide bonds. The Kier molecular flexibility index (Phi) is 7.01. The van der Waals surface area contributed by atoms with E-state index in [4.69, 9.17) is 44.0 Å². The van der Waals surface area contributed by atoms with E-state index in [0.29, 0.717) is 21.4 Å². The molecule has 1 N–H and O–H groups in total. The number of halogens is 3. The van der Waals surface area contributed by atoms with Gasteiger partial charge in [-0.1, -0.05) is 40.9 Å². The van der Waals surface area contributed by atoms with Gasteiger partial charge >= 0.3 is 0 Å². The summed E-state index contributed by atoms with van der Waals surface area (Å²) in [5.41, 5.74) is 0.526. The summed E-state index contributed by atoms with van der Waals surface area (Å²) < 4.78 is 12.5. The van der Waals surface area contributed by atoms with Crippen LogP contribution in [0.4, 0.5) is 11.6 Å². The van der Waals surface area contributed by atoms with Crippen LogP contribution >= 0.6 is 34.8 Å². The number of amides is 1. The highest BCUT2D eigenvalue weighted by molar-refractivity contribution is 6.36. The third kappa shape index (κ3) is 5.48. The van der Waals surface area contributed by atoms with E-state index < -0.39 is 10.8 Å². The monoisotopic (exact) mass is 521 g/mol. The number of nitro groups is 1. The van der Waals surface area contributed by atoms with Crippen LogP contribution in [0.1, 0.15) is 21.9 Å². The number of nitro benzene ring substituents is 1. The Balaban J connectivity index is 1.35. The Bertz CT molecular complexity index is 1350. The number of rotatable bonds is 8. The van der Waals surface area contributed by atoms with Crippen molar-refractivity contribution in [3.8, 4) is 5.75 Å². The normalized spacial score (nSPS) is 10.8. The van der Waals surface area contributed by atoms with Crippen molar-refractivity contribution < 1.29 is 18.9 Å². The molecule has 0 aliphatic heterocycles. The fourth-order valence-electron chi connectivity index (χ4n) is 2.88. The van der Waals surface area contributed by atoms with Gasteiger partial charge in [-0.2, -0.15) is 0 Å². The lowest BCUT2D eigenvalue weighted by Crippen LogP contribution is -2.12. The lowest BCUT2D eigenvalue weighted by Gasteiger charge is -2.06. The summed E-state index contributed by atoms with van der Waals surface area (Å²) in [4.78, 5) is 26.8. The Labute approximate surface area is 207 Å². The lowest BCUT2D eigenvalue weighted by molar-refractivity contribution is -0.384. The van der Waals surface area contributed by atoms with E-state index >= 15 is 0 Å². The van der Waals surface area contributed by atoms with Gasteiger partial charge in [0.2, 0.25) is 5.95 Å². The van der Waals surface area contributed by atoms with Gasteiger partial charge < -0.3 is 9.15 Å². The molecule has 0 aliphatic rings. The van der Waals surface area contributed by atoms with E-state index in [1.54, 1.807) is 24.3 Å². The van der Waals surface area contributed by atoms with Crippen LogP contribution in [0.3, 0.4) is 0 Å². The van der Waals surface area contributed by atoms with Crippen molar-refractivity contribution in [1.82, 2.24) is 14.8 Å². The zero-order valence-corrected chi connectivity index (χ0v) is 19.3. The van der Waals surface area contributed by atoms with Gasteiger partial charge in [0.15, 0.2) is 5.76 Å². The van der Waals surface area contributed by atoms with E-state index in [1.807, 2.05) is 0 Å². The average molecular weight is 523 g/mol. The Morgan fingerprint density at radius 3 is 2.59 bits per heavy atom. The number of non-ortho nitro benzene ring substituents is 1. The first kappa shape index (κ1) is 23.6. The number of carbonyl (C=O) groups is 1. The van der Waals surface area contributed by atoms with Crippen molar-refractivity contribution in [2.45, 2.75) is 13.2 Å². The van der Waals surface area contributed by atoms with Crippen LogP contribution in [0.5, 0.6) is 5.75 Å². The highest BCUT2D eigenvalue weighted by Crippen LogP contribution is 2.29. The Morgan fingerprint density at radius 2 is 1.88 bits per heavy atom. The molecule has 0 saturated heterocycles. The molecule has 0 spiro atoms. The standard InChI is InChI=1S/C21H14Cl3N5O5/c22-15-2-1-3-16(23)14(15)9-28-11-25-21(27-28)26-20(30)19-7-5-13(34-19)10-33-18-6-4-12(29(31)32)8-17(18)24/h1-8,11H,9-10H2,(H,26,27,30). The van der Waals surface area contributed by atoms with Crippen LogP contribution < -0.4 is 10.1 Å². The third-order valence-corrected chi connectivity index (χ3v) is 5.53. The van der Waals surface area contributed by atoms with Crippen molar-refractivity contribution in [2.75, 3.05) is 5.32 Å². The van der Waals surface area contributed by atoms with Gasteiger partial charge in [0.25, 0.3) is 11.6 Å². The molecule has 0 saturated carbocycles. The van der Waals surface area contributed by atoms with Gasteiger partial charge in [0, 0.05) is 27.7 Å². The summed E-state index contributed by atoms with van der Waals surface area (Å²) in [6.45, 7) is 0.227. The molecule has 0 fully saturated rings. The van der Waals surface area contributed by atoms with E-state index in [2.05, 4.69) is 15.4 Å². The van der Waals surface area contributed by atoms with Crippen LogP contribution in [0.15, 0.2) is 59.3 Å². The number of furan rings is 1. The number of nitrogens with one attached hydrogen (secondary N) is 1. The minimum Gasteiger partial charge on any atom is -0.484 e. The average Bonchev–Trinajstić information content (AvgIpc) is 3.45. The van der Waals surface area contributed by atoms with Gasteiger partial charge in [0.1, 0.15) is 24.4 Å². The zero-order chi connectivity index (χ0) is 24.2. The molecule has 174 valence electrons. The summed E-state index contributed by atoms with van der Waals surface area (Å²) in [6.07, 6.45) is 1.44. The van der Waals surface area contributed by atoms with Gasteiger partial charge in [-0.3, -0.25) is 20.2 Å². The summed E-state index contributed by atoms with van der Waals surface area (Å²) >= 11 is 18.3. The summed E-state index contributed by atoms with van der Waals surface area (Å²) in [5, 5.41) is 18.6. The zero-order valence-electron chi connectivity index (χ0n) is 17.1. The fourth-order valence-corrected chi connectivity index (χ4v) is 3.63. The molecule has 0 bridgehead atoms. The number of aromatic nitrogens is 3. The molecule has 0 radical (unpaired) electrons. The molecule has 13 heteroatoms. The predicted octanol–water partition coefficient (Wildman–Crippen LogP) is 5.62. The Hall–Kier alpha value is -3.60. The number of hydrogen-bond donors (Lipinski definition) is 1. The first-order chi connectivity index (χ1) is 16.3. The highest BCUT2D eigenvalue weighted by atomic mass is 35.5. The maximum atomic E-state index is 12.5. The molecular formula is C21H14Cl3N5O5. The SMILES string of the molecule is O=C(Nc1ncn(Cc2c(Cl)cccc2Cl)n1)c1ccc(COc2ccc([N+](=O)[O-])cc2Cl)o1. The maximum Gasteiger partial charge on any atom is 0.293 e. The van der Waals surface area contributed by atoms with E-state index in [9.17, 15) is 14.9 Å². The molecule has 0 atom stereocenters. The van der Waals surface area contributed by atoms with Gasteiger partial charge in [-0.25, -0.2) is 9.67 Å². The smallest absolute Gasteiger partial charge is 0.293 e. The topological polar surface area (TPSA) is 125 Å². The molecule has 10 nitrogen and oxygen atoms in total. The van der Waals surface area contributed by atoms with E-state index in [1.165, 1.54) is 35.3 Å². The summed E-state index contributed by atoms with van der Waals surface area (Å²) in [6, 6.07) is 12.0. The van der Waals surface area contributed by atoms with Crippen molar-refractivity contribution >= 4 is 52.3 Å². The predicted molar refractivity (Wildman–Crippen MR) is 125 cm³/mol. The molecule has 34 heavy (non-hydrogen) atoms. The quantitative estimate of drug-likeness (QED) is 0.235. The first-order valence-electron chi connectivity index (χ1n) is 9.59. The van der Waals surface area contributed by atoms with Crippen molar-refractivity contribution in [3.63, 3.8) is 0 Å². The fraction of sp³-hybridized carbons (Fsp3) is 0.0952. The number of benzene rings is 2. The van der Waals surface area contributed by atoms with Gasteiger partial charge in [-0.05, 0) is 30.3 Å². The maximum absolute atomic E-state index is 12.5. The number of anilines is 1. The number of ether oxygens (including phenoxy) is 1. The van der Waals surface area contributed by atoms with Crippen molar-refractivity contribution in [2.24, 2.45) is 0 Å². The van der Waals surface area contributed by atoms with E-state index in [-0.39, 0.29) is 41.3 Å². The minimum atomic E-state index is -0.562. The van der Waals surface area contributed by atoms with Crippen LogP contribution in [0.25, 0.3) is 0 Å². The van der Waals surface area contributed by atoms with Gasteiger partial charge in [0.05, 0.1) is 16.5 Å². The Morgan fingerprint density at radius 1 is 1.12 bits per heavy atom. The molecule has 2 aromatic heterocycles. The first-order valence-corrected chi connectivity index (χ1v) is 10.7. The second-order valence-electron chi connectivity index (χ2n) is 6.85. The molecule has 2 aromatic carbocycles. The number of hydrogen-bond acceptors (Lipinski definition) is 7. The highest BCUT2D eigenvalue weighted by Gasteiger charge is 2.16. The van der Waals surface area contributed by atoms with Gasteiger partial charge in [-0.15, -0.1) is 5.10 Å². The van der Waals surface area contributed by atoms with E-state index in [0.717, 1.165) is 0 Å². The second kappa shape index (κ2) is 10.1. The summed E-state index contributed by atoms with van der Waals surface area (Å²) in [5.74, 6) is 0.0986. The van der Waals surface area contributed by atoms with Crippen molar-refractivity contribution in [3.05, 3.63) is 97.1 Å². The molecule has 4 aromatic rings. The van der Waals surface area contributed by atoms with Crippen LogP contribution in [-0.2, 0) is 13.2 Å². The van der Waals surface area contributed by atoms with Crippen LogP contribution in [0, 0.1) is 10.1 Å². The molecule has 4 rings (SSSR count). The molecule has 2 heterocycles. The second-order valence-corrected chi connectivity index (χ2v) is 8.07. The molecule has 0 unspecified atom stereocenters. The van der Waals surface area contributed by atoms with Crippen LogP contribution in [0.2, 0.25) is 15.1 Å². The minimum absolute atomic E-state index is 0.0129. The molecular weight excluding hydrogens is 509 g/mol. The number of carbonyl (C=O) groups excluding carboxylic acids is 1.